The Bertz CT molecular complexity index is 776. The Balaban J connectivity index is 1.92. The SMILES string of the molecule is C=C(N)/C(C)=C(\N=CN)C(=O)N1CCC(N2CCC(N(C)S(C)(=O)=O)CC2)CC1. The summed E-state index contributed by atoms with van der Waals surface area (Å²) in [4.78, 5) is 21.1. The predicted molar refractivity (Wildman–Crippen MR) is 116 cm³/mol. The van der Waals surface area contributed by atoms with Crippen LogP contribution in [-0.2, 0) is 14.8 Å². The van der Waals surface area contributed by atoms with Crippen molar-refractivity contribution in [1.29, 1.82) is 0 Å². The minimum absolute atomic E-state index is 0.0667. The lowest BCUT2D eigenvalue weighted by atomic mass is 9.97. The number of sulfonamides is 1. The van der Waals surface area contributed by atoms with Crippen molar-refractivity contribution < 1.29 is 13.2 Å². The van der Waals surface area contributed by atoms with Crippen LogP contribution < -0.4 is 11.5 Å². The van der Waals surface area contributed by atoms with Gasteiger partial charge in [0.1, 0.15) is 5.70 Å². The van der Waals surface area contributed by atoms with Gasteiger partial charge in [0.2, 0.25) is 10.0 Å². The van der Waals surface area contributed by atoms with Crippen molar-refractivity contribution in [3.05, 3.63) is 23.5 Å². The zero-order valence-corrected chi connectivity index (χ0v) is 18.5. The lowest BCUT2D eigenvalue weighted by Gasteiger charge is -2.43. The number of carbonyl (C=O) groups is 1. The summed E-state index contributed by atoms with van der Waals surface area (Å²) in [5.41, 5.74) is 12.2. The summed E-state index contributed by atoms with van der Waals surface area (Å²) >= 11 is 0. The summed E-state index contributed by atoms with van der Waals surface area (Å²) in [6.45, 7) is 8.42. The van der Waals surface area contributed by atoms with Gasteiger partial charge >= 0.3 is 0 Å². The molecule has 0 aliphatic carbocycles. The van der Waals surface area contributed by atoms with Crippen molar-refractivity contribution in [1.82, 2.24) is 14.1 Å². The number of likely N-dealkylation sites (tertiary alicyclic amines) is 2. The smallest absolute Gasteiger partial charge is 0.272 e. The van der Waals surface area contributed by atoms with Crippen LogP contribution in [-0.4, -0.2) is 86.3 Å². The quantitative estimate of drug-likeness (QED) is 0.268. The summed E-state index contributed by atoms with van der Waals surface area (Å²) in [7, 11) is -1.50. The number of rotatable bonds is 6. The molecule has 0 atom stereocenters. The number of nitrogens with two attached hydrogens (primary N) is 2. The summed E-state index contributed by atoms with van der Waals surface area (Å²) < 4.78 is 25.0. The number of hydrogen-bond acceptors (Lipinski definition) is 6. The maximum atomic E-state index is 12.9. The van der Waals surface area contributed by atoms with Crippen LogP contribution in [0.3, 0.4) is 0 Å². The Morgan fingerprint density at radius 1 is 1.17 bits per heavy atom. The van der Waals surface area contributed by atoms with Crippen molar-refractivity contribution in [2.24, 2.45) is 16.5 Å². The molecule has 29 heavy (non-hydrogen) atoms. The average Bonchev–Trinajstić information content (AvgIpc) is 2.70. The van der Waals surface area contributed by atoms with Gasteiger partial charge in [-0.2, -0.15) is 0 Å². The van der Waals surface area contributed by atoms with Crippen molar-refractivity contribution in [3.8, 4) is 0 Å². The first-order chi connectivity index (χ1) is 13.6. The number of nitrogens with zero attached hydrogens (tertiary/aromatic N) is 4. The van der Waals surface area contributed by atoms with E-state index in [0.717, 1.165) is 45.1 Å². The van der Waals surface area contributed by atoms with Gasteiger partial charge in [-0.3, -0.25) is 4.79 Å². The number of aliphatic imine (C=N–C) groups is 1. The normalized spacial score (nSPS) is 21.6. The van der Waals surface area contributed by atoms with E-state index in [2.05, 4.69) is 16.5 Å². The van der Waals surface area contributed by atoms with Gasteiger partial charge in [-0.15, -0.1) is 0 Å². The maximum Gasteiger partial charge on any atom is 0.272 e. The van der Waals surface area contributed by atoms with E-state index in [0.29, 0.717) is 30.4 Å². The van der Waals surface area contributed by atoms with Crippen molar-refractivity contribution >= 4 is 22.3 Å². The minimum Gasteiger partial charge on any atom is -0.399 e. The zero-order valence-electron chi connectivity index (χ0n) is 17.7. The summed E-state index contributed by atoms with van der Waals surface area (Å²) in [5, 5.41) is 0. The van der Waals surface area contributed by atoms with Gasteiger partial charge < -0.3 is 21.3 Å². The van der Waals surface area contributed by atoms with E-state index in [1.54, 1.807) is 18.9 Å². The first kappa shape index (κ1) is 23.4. The summed E-state index contributed by atoms with van der Waals surface area (Å²) in [6.07, 6.45) is 5.77. The molecule has 2 heterocycles. The number of allylic oxidation sites excluding steroid dienone is 1. The van der Waals surface area contributed by atoms with E-state index in [4.69, 9.17) is 11.5 Å². The van der Waals surface area contributed by atoms with E-state index in [1.807, 2.05) is 0 Å². The molecular weight excluding hydrogens is 392 g/mol. The number of hydrogen-bond donors (Lipinski definition) is 2. The summed E-state index contributed by atoms with van der Waals surface area (Å²) in [6, 6.07) is 0.469. The van der Waals surface area contributed by atoms with Crippen LogP contribution in [0.4, 0.5) is 0 Å². The standard InChI is InChI=1S/C19H34N6O3S/c1-14(15(2)21)18(22-13-20)19(26)25-11-7-17(8-12-25)24-9-5-16(6-10-24)23(3)29(4,27)28/h13,16-17H,2,5-12,21H2,1,3-4H3,(H2,20,22)/b18-14-. The first-order valence-electron chi connectivity index (χ1n) is 9.92. The molecule has 2 fully saturated rings. The molecule has 0 radical (unpaired) electrons. The molecule has 2 aliphatic heterocycles. The van der Waals surface area contributed by atoms with E-state index in [9.17, 15) is 13.2 Å². The first-order valence-corrected chi connectivity index (χ1v) is 11.8. The Kier molecular flexibility index (Phi) is 7.84. The van der Waals surface area contributed by atoms with E-state index < -0.39 is 10.0 Å². The highest BCUT2D eigenvalue weighted by molar-refractivity contribution is 7.88. The summed E-state index contributed by atoms with van der Waals surface area (Å²) in [5.74, 6) is -0.178. The molecule has 0 unspecified atom stereocenters. The van der Waals surface area contributed by atoms with Gasteiger partial charge in [-0.25, -0.2) is 17.7 Å². The van der Waals surface area contributed by atoms with Crippen LogP contribution in [0.25, 0.3) is 0 Å². The van der Waals surface area contributed by atoms with Crippen molar-refractivity contribution in [3.63, 3.8) is 0 Å². The van der Waals surface area contributed by atoms with Crippen LogP contribution in [0.15, 0.2) is 28.5 Å². The molecule has 10 heteroatoms. The third-order valence-corrected chi connectivity index (χ3v) is 7.39. The molecule has 164 valence electrons. The lowest BCUT2D eigenvalue weighted by Crippen LogP contribution is -2.52. The third-order valence-electron chi connectivity index (χ3n) is 6.05. The molecule has 0 aromatic carbocycles. The largest absolute Gasteiger partial charge is 0.399 e. The molecule has 2 aliphatic rings. The molecule has 0 saturated carbocycles. The fraction of sp³-hybridized carbons (Fsp3) is 0.684. The highest BCUT2D eigenvalue weighted by atomic mass is 32.2. The molecule has 0 aromatic heterocycles. The number of carbonyl (C=O) groups excluding carboxylic acids is 1. The van der Waals surface area contributed by atoms with Crippen molar-refractivity contribution in [2.75, 3.05) is 39.5 Å². The minimum atomic E-state index is -3.16. The Labute approximate surface area is 174 Å². The Morgan fingerprint density at radius 2 is 1.72 bits per heavy atom. The predicted octanol–water partition coefficient (Wildman–Crippen LogP) is 0.0666. The van der Waals surface area contributed by atoms with Gasteiger partial charge in [-0.1, -0.05) is 6.58 Å². The monoisotopic (exact) mass is 426 g/mol. The molecule has 9 nitrogen and oxygen atoms in total. The van der Waals surface area contributed by atoms with Crippen LogP contribution in [0.5, 0.6) is 0 Å². The van der Waals surface area contributed by atoms with Gasteiger partial charge in [0.05, 0.1) is 12.6 Å². The zero-order chi connectivity index (χ0) is 21.8. The Hall–Kier alpha value is -1.91. The Morgan fingerprint density at radius 3 is 2.17 bits per heavy atom. The maximum absolute atomic E-state index is 12.9. The van der Waals surface area contributed by atoms with Gasteiger partial charge in [0, 0.05) is 43.5 Å². The van der Waals surface area contributed by atoms with E-state index in [1.165, 1.54) is 10.6 Å². The van der Waals surface area contributed by atoms with Gasteiger partial charge in [-0.05, 0) is 45.7 Å². The van der Waals surface area contributed by atoms with E-state index >= 15 is 0 Å². The van der Waals surface area contributed by atoms with Crippen LogP contribution in [0.1, 0.15) is 32.6 Å². The average molecular weight is 427 g/mol. The van der Waals surface area contributed by atoms with Crippen LogP contribution in [0, 0.1) is 0 Å². The molecule has 2 rings (SSSR count). The molecular formula is C19H34N6O3S. The van der Waals surface area contributed by atoms with E-state index in [-0.39, 0.29) is 17.6 Å². The fourth-order valence-electron chi connectivity index (χ4n) is 4.01. The fourth-order valence-corrected chi connectivity index (χ4v) is 4.76. The molecule has 4 N–H and O–H groups in total. The lowest BCUT2D eigenvalue weighted by molar-refractivity contribution is -0.128. The van der Waals surface area contributed by atoms with Crippen LogP contribution in [0.2, 0.25) is 0 Å². The van der Waals surface area contributed by atoms with Gasteiger partial charge in [0.15, 0.2) is 0 Å². The number of piperidine rings is 2. The highest BCUT2D eigenvalue weighted by Gasteiger charge is 2.33. The highest BCUT2D eigenvalue weighted by Crippen LogP contribution is 2.25. The molecule has 0 aromatic rings. The molecule has 0 spiro atoms. The molecule has 2 saturated heterocycles. The van der Waals surface area contributed by atoms with Crippen molar-refractivity contribution in [2.45, 2.75) is 44.7 Å². The second-order valence-electron chi connectivity index (χ2n) is 7.85. The number of amides is 1. The molecule has 1 amide bonds. The topological polar surface area (TPSA) is 125 Å². The molecule has 0 bridgehead atoms. The third kappa shape index (κ3) is 5.80. The second kappa shape index (κ2) is 9.73. The van der Waals surface area contributed by atoms with Gasteiger partial charge in [0.25, 0.3) is 5.91 Å². The van der Waals surface area contributed by atoms with Crippen LogP contribution >= 0.6 is 0 Å². The second-order valence-corrected chi connectivity index (χ2v) is 9.89.